The fraction of sp³-hybridized carbons (Fsp3) is 0.500. The van der Waals surface area contributed by atoms with Gasteiger partial charge in [-0.15, -0.1) is 0 Å². The number of hydrogen-bond donors (Lipinski definition) is 1. The van der Waals surface area contributed by atoms with Gasteiger partial charge in [0.25, 0.3) is 0 Å². The Bertz CT molecular complexity index is 686. The topological polar surface area (TPSA) is 72.8 Å². The summed E-state index contributed by atoms with van der Waals surface area (Å²) in [6.45, 7) is 13.4. The summed E-state index contributed by atoms with van der Waals surface area (Å²) >= 11 is 0. The number of ether oxygens (including phenoxy) is 1. The highest BCUT2D eigenvalue weighted by molar-refractivity contribution is 6.49. The number of benzene rings is 1. The summed E-state index contributed by atoms with van der Waals surface area (Å²) in [6, 6.07) is 5.61. The lowest BCUT2D eigenvalue weighted by Crippen LogP contribution is -2.23. The minimum atomic E-state index is -1.48. The fourth-order valence-corrected chi connectivity index (χ4v) is 3.44. The van der Waals surface area contributed by atoms with Crippen molar-refractivity contribution < 1.29 is 23.9 Å². The van der Waals surface area contributed by atoms with Crippen molar-refractivity contribution >= 4 is 21.0 Å². The van der Waals surface area contributed by atoms with E-state index in [1.807, 2.05) is 32.2 Å². The van der Waals surface area contributed by atoms with Crippen LogP contribution in [0.25, 0.3) is 0 Å². The molecule has 0 heterocycles. The summed E-state index contributed by atoms with van der Waals surface area (Å²) in [7, 11) is -1.48. The first-order valence-electron chi connectivity index (χ1n) is 8.89. The maximum absolute atomic E-state index is 11.8. The second-order valence-electron chi connectivity index (χ2n) is 7.50. The Labute approximate surface area is 157 Å². The Morgan fingerprint density at radius 1 is 1.27 bits per heavy atom. The molecule has 0 radical (unpaired) electrons. The van der Waals surface area contributed by atoms with Gasteiger partial charge in [0.2, 0.25) is 9.04 Å². The van der Waals surface area contributed by atoms with Crippen molar-refractivity contribution in [2.24, 2.45) is 0 Å². The SMILES string of the molecule is CCC=C(C(=O)O)C(OC(C)=O)c1cccc(C(C)(C)C)c1O[SiH](C)C. The standard InChI is InChI=1S/C20H30O5Si/c1-8-10-15(19(22)23)17(24-13(2)21)14-11-9-12-16(20(3,4)5)18(14)25-26(6)7/h9-12,17,26H,8H2,1-7H3,(H,22,23). The van der Waals surface area contributed by atoms with Gasteiger partial charge in [-0.2, -0.15) is 0 Å². The van der Waals surface area contributed by atoms with E-state index in [-0.39, 0.29) is 11.0 Å². The number of hydrogen-bond acceptors (Lipinski definition) is 4. The van der Waals surface area contributed by atoms with Crippen LogP contribution in [0.3, 0.4) is 0 Å². The van der Waals surface area contributed by atoms with Crippen LogP contribution in [0, 0.1) is 0 Å². The molecule has 26 heavy (non-hydrogen) atoms. The average Bonchev–Trinajstić information content (AvgIpc) is 2.49. The number of allylic oxidation sites excluding steroid dienone is 1. The van der Waals surface area contributed by atoms with Crippen molar-refractivity contribution in [2.45, 2.75) is 65.7 Å². The minimum absolute atomic E-state index is 0.0454. The van der Waals surface area contributed by atoms with Crippen LogP contribution >= 0.6 is 0 Å². The van der Waals surface area contributed by atoms with Gasteiger partial charge in [0.1, 0.15) is 5.75 Å². The van der Waals surface area contributed by atoms with Gasteiger partial charge in [-0.25, -0.2) is 4.79 Å². The smallest absolute Gasteiger partial charge is 0.335 e. The van der Waals surface area contributed by atoms with E-state index in [9.17, 15) is 14.7 Å². The highest BCUT2D eigenvalue weighted by Crippen LogP contribution is 2.40. The number of para-hydroxylation sites is 1. The molecule has 0 aliphatic heterocycles. The summed E-state index contributed by atoms with van der Waals surface area (Å²) in [5.41, 5.74) is 1.39. The zero-order valence-corrected chi connectivity index (χ0v) is 17.9. The van der Waals surface area contributed by atoms with E-state index in [4.69, 9.17) is 9.16 Å². The maximum atomic E-state index is 11.8. The van der Waals surface area contributed by atoms with Crippen LogP contribution in [0.15, 0.2) is 29.8 Å². The molecule has 1 unspecified atom stereocenters. The summed E-state index contributed by atoms with van der Waals surface area (Å²) in [6.07, 6.45) is 1.10. The molecule has 144 valence electrons. The first-order chi connectivity index (χ1) is 12.0. The van der Waals surface area contributed by atoms with Gasteiger partial charge in [-0.1, -0.05) is 52.0 Å². The van der Waals surface area contributed by atoms with Gasteiger partial charge in [-0.05, 0) is 30.5 Å². The van der Waals surface area contributed by atoms with Crippen molar-refractivity contribution in [2.75, 3.05) is 0 Å². The molecule has 1 atom stereocenters. The molecular weight excluding hydrogens is 348 g/mol. The van der Waals surface area contributed by atoms with Crippen molar-refractivity contribution in [3.8, 4) is 5.75 Å². The van der Waals surface area contributed by atoms with E-state index in [0.29, 0.717) is 17.7 Å². The first kappa shape index (κ1) is 22.0. The quantitative estimate of drug-likeness (QED) is 0.433. The Morgan fingerprint density at radius 3 is 2.31 bits per heavy atom. The van der Waals surface area contributed by atoms with Gasteiger partial charge in [0, 0.05) is 12.5 Å². The Morgan fingerprint density at radius 2 is 1.88 bits per heavy atom. The third-order valence-electron chi connectivity index (χ3n) is 3.73. The molecule has 5 nitrogen and oxygen atoms in total. The van der Waals surface area contributed by atoms with Gasteiger partial charge >= 0.3 is 11.9 Å². The van der Waals surface area contributed by atoms with Crippen LogP contribution in [-0.2, 0) is 19.7 Å². The predicted molar refractivity (Wildman–Crippen MR) is 105 cm³/mol. The molecule has 6 heteroatoms. The minimum Gasteiger partial charge on any atom is -0.546 e. The zero-order chi connectivity index (χ0) is 20.1. The van der Waals surface area contributed by atoms with E-state index in [0.717, 1.165) is 5.56 Å². The molecule has 1 rings (SSSR count). The van der Waals surface area contributed by atoms with Crippen LogP contribution in [0.1, 0.15) is 58.3 Å². The highest BCUT2D eigenvalue weighted by atomic mass is 28.3. The number of aliphatic carboxylic acids is 1. The molecule has 1 aromatic rings. The summed E-state index contributed by atoms with van der Waals surface area (Å²) in [5, 5.41) is 9.66. The van der Waals surface area contributed by atoms with E-state index in [1.165, 1.54) is 6.92 Å². The van der Waals surface area contributed by atoms with Crippen LogP contribution in [0.2, 0.25) is 13.1 Å². The van der Waals surface area contributed by atoms with Gasteiger partial charge in [0.15, 0.2) is 6.10 Å². The van der Waals surface area contributed by atoms with Gasteiger partial charge < -0.3 is 14.3 Å². The Balaban J connectivity index is 3.71. The number of esters is 1. The molecule has 0 aliphatic rings. The van der Waals surface area contributed by atoms with E-state index >= 15 is 0 Å². The van der Waals surface area contributed by atoms with Crippen LogP contribution in [-0.4, -0.2) is 26.1 Å². The van der Waals surface area contributed by atoms with Crippen molar-refractivity contribution in [1.29, 1.82) is 0 Å². The number of carboxylic acids is 1. The second-order valence-corrected chi connectivity index (χ2v) is 9.84. The van der Waals surface area contributed by atoms with Crippen molar-refractivity contribution in [3.05, 3.63) is 41.0 Å². The lowest BCUT2D eigenvalue weighted by atomic mass is 9.84. The van der Waals surface area contributed by atoms with Crippen LogP contribution in [0.5, 0.6) is 5.75 Å². The summed E-state index contributed by atoms with van der Waals surface area (Å²) < 4.78 is 11.7. The molecule has 0 spiro atoms. The van der Waals surface area contributed by atoms with Gasteiger partial charge in [0.05, 0.1) is 5.57 Å². The molecule has 0 amide bonds. The van der Waals surface area contributed by atoms with Gasteiger partial charge in [-0.3, -0.25) is 4.79 Å². The number of carbonyl (C=O) groups excluding carboxylic acids is 1. The number of rotatable bonds is 7. The first-order valence-corrected chi connectivity index (χ1v) is 11.7. The Kier molecular flexibility index (Phi) is 7.63. The maximum Gasteiger partial charge on any atom is 0.335 e. The van der Waals surface area contributed by atoms with Crippen molar-refractivity contribution in [1.82, 2.24) is 0 Å². The zero-order valence-electron chi connectivity index (χ0n) is 16.8. The number of carboxylic acid groups (broad SMARTS) is 1. The fourth-order valence-electron chi connectivity index (χ4n) is 2.71. The molecular formula is C20H30O5Si. The summed E-state index contributed by atoms with van der Waals surface area (Å²) in [4.78, 5) is 23.5. The van der Waals surface area contributed by atoms with E-state index in [1.54, 1.807) is 12.1 Å². The molecule has 1 N–H and O–H groups in total. The third-order valence-corrected chi connectivity index (χ3v) is 4.43. The van der Waals surface area contributed by atoms with Crippen LogP contribution < -0.4 is 4.43 Å². The largest absolute Gasteiger partial charge is 0.546 e. The molecule has 0 bridgehead atoms. The van der Waals surface area contributed by atoms with E-state index in [2.05, 4.69) is 20.8 Å². The lowest BCUT2D eigenvalue weighted by molar-refractivity contribution is -0.146. The molecule has 0 saturated heterocycles. The molecule has 1 aromatic carbocycles. The Hall–Kier alpha value is -2.08. The summed E-state index contributed by atoms with van der Waals surface area (Å²) in [5.74, 6) is -1.00. The third kappa shape index (κ3) is 5.73. The molecule has 0 aliphatic carbocycles. The molecule has 0 aromatic heterocycles. The molecule has 0 saturated carbocycles. The second kappa shape index (κ2) is 9.03. The normalized spacial score (nSPS) is 13.5. The highest BCUT2D eigenvalue weighted by Gasteiger charge is 2.31. The molecule has 0 fully saturated rings. The van der Waals surface area contributed by atoms with Crippen molar-refractivity contribution in [3.63, 3.8) is 0 Å². The van der Waals surface area contributed by atoms with Crippen LogP contribution in [0.4, 0.5) is 0 Å². The average molecular weight is 379 g/mol. The number of carbonyl (C=O) groups is 2. The van der Waals surface area contributed by atoms with E-state index < -0.39 is 27.1 Å². The predicted octanol–water partition coefficient (Wildman–Crippen LogP) is 4.37. The lowest BCUT2D eigenvalue weighted by Gasteiger charge is -2.29. The monoisotopic (exact) mass is 378 g/mol.